The van der Waals surface area contributed by atoms with E-state index < -0.39 is 11.2 Å². The average Bonchev–Trinajstić information content (AvgIpc) is 3.10. The molecule has 0 N–H and O–H groups in total. The smallest absolute Gasteiger partial charge is 0.147 e. The number of hydrogen-bond donors (Lipinski definition) is 0. The Labute approximate surface area is 257 Å². The number of ether oxygens (including phenoxy) is 1. The van der Waals surface area contributed by atoms with Gasteiger partial charge in [0.1, 0.15) is 0 Å². The SMILES string of the molecule is CC1=C(C)C(C)(OC(c2ccccc2)(c2ccccc2)C(c2ccccc2)c2ccccc2)[C]([Ti])=C1C.Cl.Cl. The van der Waals surface area contributed by atoms with Crippen LogP contribution in [0.2, 0.25) is 0 Å². The van der Waals surface area contributed by atoms with Crippen LogP contribution in [0.1, 0.15) is 55.9 Å². The van der Waals surface area contributed by atoms with Gasteiger partial charge < -0.3 is 0 Å². The molecule has 4 aromatic carbocycles. The molecule has 1 aliphatic carbocycles. The fourth-order valence-electron chi connectivity index (χ4n) is 5.82. The number of rotatable bonds is 7. The van der Waals surface area contributed by atoms with Crippen molar-refractivity contribution in [1.29, 1.82) is 0 Å². The third-order valence-electron chi connectivity index (χ3n) is 8.14. The van der Waals surface area contributed by atoms with Crippen LogP contribution in [0.4, 0.5) is 0 Å². The largest absolute Gasteiger partial charge is 0.147 e. The van der Waals surface area contributed by atoms with E-state index in [1.165, 1.54) is 31.7 Å². The quantitative estimate of drug-likeness (QED) is 0.195. The molecule has 199 valence electrons. The summed E-state index contributed by atoms with van der Waals surface area (Å²) in [6.45, 7) is 8.93. The van der Waals surface area contributed by atoms with Crippen molar-refractivity contribution < 1.29 is 25.2 Å². The van der Waals surface area contributed by atoms with E-state index >= 15 is 0 Å². The van der Waals surface area contributed by atoms with E-state index in [2.05, 4.69) is 169 Å². The van der Waals surface area contributed by atoms with Crippen molar-refractivity contribution in [2.24, 2.45) is 0 Å². The van der Waals surface area contributed by atoms with Crippen LogP contribution in [0.15, 0.2) is 142 Å². The van der Waals surface area contributed by atoms with Gasteiger partial charge in [0, 0.05) is 0 Å². The van der Waals surface area contributed by atoms with Gasteiger partial charge in [-0.3, -0.25) is 0 Å². The van der Waals surface area contributed by atoms with Gasteiger partial charge in [-0.1, -0.05) is 0 Å². The zero-order chi connectivity index (χ0) is 26.0. The van der Waals surface area contributed by atoms with Crippen molar-refractivity contribution in [3.8, 4) is 0 Å². The van der Waals surface area contributed by atoms with Crippen molar-refractivity contribution in [3.05, 3.63) is 164 Å². The van der Waals surface area contributed by atoms with E-state index in [1.54, 1.807) is 0 Å². The predicted molar refractivity (Wildman–Crippen MR) is 163 cm³/mol. The molecule has 0 fully saturated rings. The predicted octanol–water partition coefficient (Wildman–Crippen LogP) is 9.55. The molecule has 0 amide bonds. The number of allylic oxidation sites excluding steroid dienone is 2. The van der Waals surface area contributed by atoms with Crippen molar-refractivity contribution >= 4 is 24.8 Å². The first-order valence-corrected chi connectivity index (χ1v) is 13.7. The van der Waals surface area contributed by atoms with Gasteiger partial charge in [-0.25, -0.2) is 0 Å². The summed E-state index contributed by atoms with van der Waals surface area (Å²) in [7, 11) is 0. The normalized spacial score (nSPS) is 17.1. The van der Waals surface area contributed by atoms with E-state index in [-0.39, 0.29) is 30.7 Å². The van der Waals surface area contributed by atoms with Crippen molar-refractivity contribution in [3.63, 3.8) is 0 Å². The maximum absolute atomic E-state index is 7.78. The van der Waals surface area contributed by atoms with Crippen LogP contribution < -0.4 is 0 Å². The van der Waals surface area contributed by atoms with Crippen LogP contribution in [-0.2, 0) is 30.8 Å². The first kappa shape index (κ1) is 31.1. The summed E-state index contributed by atoms with van der Waals surface area (Å²) in [5.74, 6) is -0.0849. The first-order valence-electron chi connectivity index (χ1n) is 12.9. The molecule has 5 rings (SSSR count). The fourth-order valence-corrected chi connectivity index (χ4v) is 6.49. The van der Waals surface area contributed by atoms with Crippen LogP contribution >= 0.6 is 24.8 Å². The molecule has 0 heterocycles. The minimum Gasteiger partial charge on any atom is -0.147 e. The van der Waals surface area contributed by atoms with Gasteiger partial charge >= 0.3 is 234 Å². The van der Waals surface area contributed by atoms with E-state index in [0.29, 0.717) is 0 Å². The molecule has 39 heavy (non-hydrogen) atoms. The summed E-state index contributed by atoms with van der Waals surface area (Å²) in [6, 6.07) is 43.2. The number of hydrogen-bond acceptors (Lipinski definition) is 1. The Kier molecular flexibility index (Phi) is 10.3. The molecule has 0 saturated carbocycles. The Morgan fingerprint density at radius 3 is 1.28 bits per heavy atom. The monoisotopic (exact) mass is 589 g/mol. The van der Waals surface area contributed by atoms with Gasteiger partial charge in [0.15, 0.2) is 0 Å². The fraction of sp³-hybridized carbons (Fsp3) is 0.200. The zero-order valence-electron chi connectivity index (χ0n) is 22.8. The minimum atomic E-state index is -0.798. The molecular weight excluding hydrogens is 555 g/mol. The third-order valence-corrected chi connectivity index (χ3v) is 9.47. The molecule has 1 nitrogen and oxygen atoms in total. The second kappa shape index (κ2) is 12.9. The molecule has 0 aromatic heterocycles. The maximum Gasteiger partial charge on any atom is -0.147 e. The molecule has 0 aliphatic heterocycles. The Hall–Kier alpha value is -2.39. The summed E-state index contributed by atoms with van der Waals surface area (Å²) in [6.07, 6.45) is 0. The molecule has 1 unspecified atom stereocenters. The van der Waals surface area contributed by atoms with Gasteiger partial charge in [0.25, 0.3) is 0 Å². The zero-order valence-corrected chi connectivity index (χ0v) is 26.0. The standard InChI is InChI=1S/C35H33O.2ClH.Ti/c1-26-25-34(4,28(3)27(26)2)36-35(31-21-13-7-14-22-31,32-23-15-8-16-24-32)33(29-17-9-5-10-18-29)30-19-11-6-12-20-30;;;/h5-24,33H,1-4H3;2*1H;. The Bertz CT molecular complexity index is 1330. The Balaban J connectivity index is 0.00000210. The summed E-state index contributed by atoms with van der Waals surface area (Å²) in [4.78, 5) is 0. The minimum absolute atomic E-state index is 0. The van der Waals surface area contributed by atoms with E-state index in [0.717, 1.165) is 11.1 Å². The van der Waals surface area contributed by atoms with Gasteiger partial charge in [0.05, 0.1) is 0 Å². The van der Waals surface area contributed by atoms with Crippen molar-refractivity contribution in [1.82, 2.24) is 0 Å². The summed E-state index contributed by atoms with van der Waals surface area (Å²) in [5.41, 5.74) is 7.30. The molecule has 0 radical (unpaired) electrons. The average molecular weight is 590 g/mol. The van der Waals surface area contributed by atoms with Gasteiger partial charge in [-0.2, -0.15) is 0 Å². The topological polar surface area (TPSA) is 9.23 Å². The van der Waals surface area contributed by atoms with Crippen LogP contribution in [0.5, 0.6) is 0 Å². The number of benzene rings is 4. The number of halogens is 2. The van der Waals surface area contributed by atoms with Crippen LogP contribution in [0, 0.1) is 0 Å². The van der Waals surface area contributed by atoms with Crippen molar-refractivity contribution in [2.75, 3.05) is 0 Å². The summed E-state index contributed by atoms with van der Waals surface area (Å²) < 4.78 is 9.06. The molecule has 0 spiro atoms. The molecule has 4 aromatic rings. The van der Waals surface area contributed by atoms with E-state index in [9.17, 15) is 0 Å². The molecule has 0 bridgehead atoms. The van der Waals surface area contributed by atoms with Crippen LogP contribution in [0.3, 0.4) is 0 Å². The third kappa shape index (κ3) is 5.49. The van der Waals surface area contributed by atoms with Gasteiger partial charge in [-0.15, -0.1) is 24.8 Å². The van der Waals surface area contributed by atoms with E-state index in [1.807, 2.05) is 0 Å². The van der Waals surface area contributed by atoms with Crippen molar-refractivity contribution in [2.45, 2.75) is 44.8 Å². The molecule has 1 aliphatic rings. The summed E-state index contributed by atoms with van der Waals surface area (Å²) >= 11 is 2.23. The van der Waals surface area contributed by atoms with Gasteiger partial charge in [0.2, 0.25) is 0 Å². The second-order valence-corrected chi connectivity index (χ2v) is 10.9. The Morgan fingerprint density at radius 1 is 0.590 bits per heavy atom. The first-order chi connectivity index (χ1) is 17.9. The van der Waals surface area contributed by atoms with Crippen LogP contribution in [-0.4, -0.2) is 5.60 Å². The maximum atomic E-state index is 7.78. The Morgan fingerprint density at radius 2 is 0.949 bits per heavy atom. The molecule has 4 heteroatoms. The van der Waals surface area contributed by atoms with E-state index in [4.69, 9.17) is 4.74 Å². The molecule has 0 saturated heterocycles. The van der Waals surface area contributed by atoms with Gasteiger partial charge in [-0.05, 0) is 0 Å². The van der Waals surface area contributed by atoms with Crippen LogP contribution in [0.25, 0.3) is 0 Å². The molecular formula is C35H35Cl2OTi. The molecule has 1 atom stereocenters. The second-order valence-electron chi connectivity index (χ2n) is 10.1. The summed E-state index contributed by atoms with van der Waals surface area (Å²) in [5, 5.41) is 0.